The molecule has 0 saturated heterocycles. The standard InChI is InChI=1S/C27H28N2O5S/c1-5-32-20-12-8-18(9-13-20)16-22-25(30)29-24(19-10-14-21(15-11-19)33-6-2)23(26(31)34-7-3)17(4)28-27(29)35-22/h8-16,24H,5-7H2,1-4H3. The SMILES string of the molecule is CCOC(=O)C1=C(C)N=c2sc(=Cc3ccc(OCC)cc3)c(=O)n2C1c1ccc(OCC)cc1. The van der Waals surface area contributed by atoms with Crippen LogP contribution in [0, 0.1) is 0 Å². The van der Waals surface area contributed by atoms with Gasteiger partial charge in [0, 0.05) is 0 Å². The molecule has 4 rings (SSSR count). The molecule has 0 radical (unpaired) electrons. The van der Waals surface area contributed by atoms with Gasteiger partial charge in [0.15, 0.2) is 4.80 Å². The molecule has 0 amide bonds. The molecule has 0 fully saturated rings. The number of carbonyl (C=O) groups excluding carboxylic acids is 1. The molecule has 1 aliphatic rings. The van der Waals surface area contributed by atoms with E-state index >= 15 is 0 Å². The van der Waals surface area contributed by atoms with E-state index in [0.29, 0.717) is 33.8 Å². The van der Waals surface area contributed by atoms with Gasteiger partial charge in [-0.05, 0) is 69.2 Å². The van der Waals surface area contributed by atoms with Crippen LogP contribution in [0.4, 0.5) is 0 Å². The third-order valence-electron chi connectivity index (χ3n) is 5.51. The van der Waals surface area contributed by atoms with Crippen LogP contribution in [0.3, 0.4) is 0 Å². The second-order valence-electron chi connectivity index (χ2n) is 7.81. The molecule has 0 saturated carbocycles. The highest BCUT2D eigenvalue weighted by Crippen LogP contribution is 2.31. The lowest BCUT2D eigenvalue weighted by Crippen LogP contribution is -2.39. The highest BCUT2D eigenvalue weighted by Gasteiger charge is 2.33. The zero-order valence-electron chi connectivity index (χ0n) is 20.2. The molecule has 0 N–H and O–H groups in total. The second-order valence-corrected chi connectivity index (χ2v) is 8.82. The molecule has 3 aromatic rings. The summed E-state index contributed by atoms with van der Waals surface area (Å²) in [4.78, 5) is 31.7. The molecule has 0 aliphatic carbocycles. The molecule has 7 nitrogen and oxygen atoms in total. The lowest BCUT2D eigenvalue weighted by molar-refractivity contribution is -0.139. The van der Waals surface area contributed by atoms with Gasteiger partial charge in [-0.2, -0.15) is 0 Å². The van der Waals surface area contributed by atoms with E-state index in [1.807, 2.05) is 68.5 Å². The third kappa shape index (κ3) is 5.07. The predicted molar refractivity (Wildman–Crippen MR) is 136 cm³/mol. The van der Waals surface area contributed by atoms with E-state index in [1.165, 1.54) is 11.3 Å². The Morgan fingerprint density at radius 1 is 0.971 bits per heavy atom. The second kappa shape index (κ2) is 10.7. The van der Waals surface area contributed by atoms with Crippen molar-refractivity contribution in [1.29, 1.82) is 0 Å². The molecule has 182 valence electrons. The molecule has 1 atom stereocenters. The van der Waals surface area contributed by atoms with Gasteiger partial charge in [0.05, 0.1) is 41.7 Å². The Morgan fingerprint density at radius 2 is 1.57 bits per heavy atom. The van der Waals surface area contributed by atoms with Gasteiger partial charge in [-0.15, -0.1) is 0 Å². The topological polar surface area (TPSA) is 79.1 Å². The van der Waals surface area contributed by atoms with Crippen molar-refractivity contribution in [3.05, 3.63) is 90.6 Å². The summed E-state index contributed by atoms with van der Waals surface area (Å²) in [5.41, 5.74) is 2.33. The number of rotatable bonds is 8. The average molecular weight is 493 g/mol. The Hall–Kier alpha value is -3.65. The summed E-state index contributed by atoms with van der Waals surface area (Å²) in [5, 5.41) is 0. The van der Waals surface area contributed by atoms with Crippen molar-refractivity contribution in [3.8, 4) is 11.5 Å². The first kappa shape index (κ1) is 24.5. The van der Waals surface area contributed by atoms with E-state index in [4.69, 9.17) is 14.2 Å². The molecular formula is C27H28N2O5S. The van der Waals surface area contributed by atoms with E-state index in [9.17, 15) is 9.59 Å². The van der Waals surface area contributed by atoms with Gasteiger partial charge in [0.1, 0.15) is 11.5 Å². The predicted octanol–water partition coefficient (Wildman–Crippen LogP) is 3.60. The maximum absolute atomic E-state index is 13.6. The van der Waals surface area contributed by atoms with Crippen molar-refractivity contribution < 1.29 is 19.0 Å². The zero-order valence-corrected chi connectivity index (χ0v) is 21.1. The van der Waals surface area contributed by atoms with Gasteiger partial charge < -0.3 is 14.2 Å². The third-order valence-corrected chi connectivity index (χ3v) is 6.50. The number of carbonyl (C=O) groups is 1. The summed E-state index contributed by atoms with van der Waals surface area (Å²) >= 11 is 1.30. The van der Waals surface area contributed by atoms with Crippen LogP contribution in [0.2, 0.25) is 0 Å². The van der Waals surface area contributed by atoms with Crippen LogP contribution in [-0.2, 0) is 9.53 Å². The summed E-state index contributed by atoms with van der Waals surface area (Å²) in [6.07, 6.45) is 1.83. The highest BCUT2D eigenvalue weighted by molar-refractivity contribution is 7.07. The van der Waals surface area contributed by atoms with E-state index < -0.39 is 12.0 Å². The Balaban J connectivity index is 1.85. The molecule has 2 aromatic carbocycles. The van der Waals surface area contributed by atoms with Crippen LogP contribution in [0.1, 0.15) is 44.9 Å². The number of hydrogen-bond acceptors (Lipinski definition) is 7. The average Bonchev–Trinajstić information content (AvgIpc) is 3.15. The van der Waals surface area contributed by atoms with Crippen LogP contribution in [0.25, 0.3) is 6.08 Å². The fourth-order valence-corrected chi connectivity index (χ4v) is 5.04. The van der Waals surface area contributed by atoms with Crippen molar-refractivity contribution in [1.82, 2.24) is 4.57 Å². The van der Waals surface area contributed by atoms with E-state index in [1.54, 1.807) is 18.4 Å². The fraction of sp³-hybridized carbons (Fsp3) is 0.296. The molecule has 8 heteroatoms. The first-order chi connectivity index (χ1) is 17.0. The number of hydrogen-bond donors (Lipinski definition) is 0. The number of fused-ring (bicyclic) bond motifs is 1. The van der Waals surface area contributed by atoms with Gasteiger partial charge in [-0.1, -0.05) is 35.6 Å². The number of nitrogens with zero attached hydrogens (tertiary/aromatic N) is 2. The van der Waals surface area contributed by atoms with E-state index in [-0.39, 0.29) is 12.2 Å². The number of thiazole rings is 1. The number of esters is 1. The Morgan fingerprint density at radius 3 is 2.14 bits per heavy atom. The van der Waals surface area contributed by atoms with Crippen LogP contribution in [0.15, 0.2) is 69.6 Å². The van der Waals surface area contributed by atoms with Gasteiger partial charge in [-0.3, -0.25) is 9.36 Å². The Labute approximate surface area is 207 Å². The van der Waals surface area contributed by atoms with Crippen molar-refractivity contribution in [3.63, 3.8) is 0 Å². The monoisotopic (exact) mass is 492 g/mol. The first-order valence-electron chi connectivity index (χ1n) is 11.6. The molecule has 1 aliphatic heterocycles. The lowest BCUT2D eigenvalue weighted by atomic mass is 9.96. The summed E-state index contributed by atoms with van der Waals surface area (Å²) in [6, 6.07) is 14.3. The number of allylic oxidation sites excluding steroid dienone is 1. The van der Waals surface area contributed by atoms with Gasteiger partial charge in [-0.25, -0.2) is 9.79 Å². The highest BCUT2D eigenvalue weighted by atomic mass is 32.1. The van der Waals surface area contributed by atoms with Crippen molar-refractivity contribution in [2.24, 2.45) is 4.99 Å². The first-order valence-corrected chi connectivity index (χ1v) is 12.4. The summed E-state index contributed by atoms with van der Waals surface area (Å²) in [6.45, 7) is 8.75. The lowest BCUT2D eigenvalue weighted by Gasteiger charge is -2.24. The Kier molecular flexibility index (Phi) is 7.51. The minimum Gasteiger partial charge on any atom is -0.494 e. The minimum absolute atomic E-state index is 0.212. The summed E-state index contributed by atoms with van der Waals surface area (Å²) in [5.74, 6) is 1.02. The molecule has 35 heavy (non-hydrogen) atoms. The molecule has 1 unspecified atom stereocenters. The van der Waals surface area contributed by atoms with Gasteiger partial charge >= 0.3 is 5.97 Å². The molecule has 0 bridgehead atoms. The Bertz CT molecular complexity index is 1420. The minimum atomic E-state index is -0.650. The van der Waals surface area contributed by atoms with E-state index in [2.05, 4.69) is 4.99 Å². The van der Waals surface area contributed by atoms with Crippen molar-refractivity contribution in [2.45, 2.75) is 33.7 Å². The number of aromatic nitrogens is 1. The fourth-order valence-electron chi connectivity index (χ4n) is 4.00. The van der Waals surface area contributed by atoms with Crippen molar-refractivity contribution >= 4 is 23.4 Å². The molecule has 2 heterocycles. The number of benzene rings is 2. The smallest absolute Gasteiger partial charge is 0.338 e. The van der Waals surface area contributed by atoms with Crippen LogP contribution in [-0.4, -0.2) is 30.4 Å². The zero-order chi connectivity index (χ0) is 24.9. The van der Waals surface area contributed by atoms with Gasteiger partial charge in [0.25, 0.3) is 5.56 Å². The maximum Gasteiger partial charge on any atom is 0.338 e. The molecule has 1 aromatic heterocycles. The van der Waals surface area contributed by atoms with Crippen molar-refractivity contribution in [2.75, 3.05) is 19.8 Å². The normalized spacial score (nSPS) is 15.4. The van der Waals surface area contributed by atoms with Crippen LogP contribution >= 0.6 is 11.3 Å². The quantitative estimate of drug-likeness (QED) is 0.449. The number of ether oxygens (including phenoxy) is 3. The van der Waals surface area contributed by atoms with E-state index in [0.717, 1.165) is 22.6 Å². The molecular weight excluding hydrogens is 464 g/mol. The largest absolute Gasteiger partial charge is 0.494 e. The van der Waals surface area contributed by atoms with Gasteiger partial charge in [0.2, 0.25) is 0 Å². The summed E-state index contributed by atoms with van der Waals surface area (Å²) in [7, 11) is 0. The van der Waals surface area contributed by atoms with Crippen LogP contribution in [0.5, 0.6) is 11.5 Å². The maximum atomic E-state index is 13.6. The molecule has 0 spiro atoms. The summed E-state index contributed by atoms with van der Waals surface area (Å²) < 4.78 is 18.5. The van der Waals surface area contributed by atoms with Crippen LogP contribution < -0.4 is 24.4 Å².